The molecule has 1 aliphatic rings. The zero-order chi connectivity index (χ0) is 31.4. The summed E-state index contributed by atoms with van der Waals surface area (Å²) in [6.07, 6.45) is 6.57. The van der Waals surface area contributed by atoms with Crippen LogP contribution in [0, 0.1) is 0 Å². The van der Waals surface area contributed by atoms with E-state index in [0.717, 1.165) is 47.4 Å². The summed E-state index contributed by atoms with van der Waals surface area (Å²) in [5.41, 5.74) is 4.88. The molecule has 4 aromatic rings. The van der Waals surface area contributed by atoms with Crippen LogP contribution in [0.5, 0.6) is 5.75 Å². The number of halogens is 1. The monoisotopic (exact) mass is 724 g/mol. The normalized spacial score (nSPS) is 13.0. The number of likely N-dealkylation sites (N-methyl/N-ethyl adjacent to an activating group) is 2. The van der Waals surface area contributed by atoms with Gasteiger partial charge in [0.1, 0.15) is 5.75 Å². The minimum absolute atomic E-state index is 0. The Labute approximate surface area is 281 Å². The lowest BCUT2D eigenvalue weighted by atomic mass is 10.1. The van der Waals surface area contributed by atoms with Crippen LogP contribution >= 0.6 is 0 Å². The van der Waals surface area contributed by atoms with E-state index in [1.54, 1.807) is 13.3 Å². The summed E-state index contributed by atoms with van der Waals surface area (Å²) < 4.78 is 8.53. The van der Waals surface area contributed by atoms with Crippen molar-refractivity contribution in [2.75, 3.05) is 70.1 Å². The van der Waals surface area contributed by atoms with Crippen molar-refractivity contribution in [1.82, 2.24) is 19.4 Å². The molecule has 0 atom stereocenters. The van der Waals surface area contributed by atoms with Crippen LogP contribution in [0.25, 0.3) is 22.2 Å². The highest BCUT2D eigenvalue weighted by Gasteiger charge is 2.28. The third-order valence-electron chi connectivity index (χ3n) is 8.01. The molecule has 11 nitrogen and oxygen atoms in total. The first kappa shape index (κ1) is 33.7. The maximum Gasteiger partial charge on any atom is 0.247 e. The van der Waals surface area contributed by atoms with Gasteiger partial charge in [0, 0.05) is 62.0 Å². The van der Waals surface area contributed by atoms with E-state index in [2.05, 4.69) is 64.1 Å². The Kier molecular flexibility index (Phi) is 10.7. The summed E-state index contributed by atoms with van der Waals surface area (Å²) >= 11 is 0. The van der Waals surface area contributed by atoms with Gasteiger partial charge in [0.15, 0.2) is 6.67 Å². The molecule has 2 aromatic carbocycles. The number of carbonyl (C=O) groups excluding carboxylic acids is 2. The van der Waals surface area contributed by atoms with Crippen LogP contribution in [0.3, 0.4) is 0 Å². The fraction of sp³-hybridized carbons (Fsp3) is 0.333. The Hall–Kier alpha value is -4.17. The highest BCUT2D eigenvalue weighted by molar-refractivity contribution is 6.02. The molecule has 2 aromatic heterocycles. The SMILES string of the molecule is C=CC(=O)Nc1cc(Nc2nccc(-c3cn(C)c4ccccc34)n2)c(OC)cc1N(C)CC[N+](C)(C)CN1CCCC1=O.[I-]. The van der Waals surface area contributed by atoms with E-state index in [0.29, 0.717) is 47.2 Å². The Morgan fingerprint density at radius 1 is 1.20 bits per heavy atom. The summed E-state index contributed by atoms with van der Waals surface area (Å²) in [6, 6.07) is 13.8. The summed E-state index contributed by atoms with van der Waals surface area (Å²) in [7, 11) is 9.85. The molecule has 1 saturated heterocycles. The van der Waals surface area contributed by atoms with E-state index in [1.807, 2.05) is 49.3 Å². The van der Waals surface area contributed by atoms with E-state index >= 15 is 0 Å². The number of hydrogen-bond acceptors (Lipinski definition) is 7. The largest absolute Gasteiger partial charge is 1.00 e. The van der Waals surface area contributed by atoms with Crippen LogP contribution in [0.2, 0.25) is 0 Å². The van der Waals surface area contributed by atoms with Gasteiger partial charge in [0.25, 0.3) is 0 Å². The standard InChI is InChI=1S/C33H40N8O3.HI/c1-7-31(42)35-26-19-27(37-33-34-15-14-25(36-33)24-21-39(3)28-12-9-8-11-23(24)28)30(44-6)20-29(26)38(2)17-18-41(4,5)22-40-16-10-13-32(40)43;/h7-9,11-12,14-15,19-21H,1,10,13,16-18,22H2,2-6H3,(H-,34,35,36,37,42);1H. The second-order valence-electron chi connectivity index (χ2n) is 11.8. The maximum absolute atomic E-state index is 12.5. The van der Waals surface area contributed by atoms with Crippen LogP contribution in [0.1, 0.15) is 12.8 Å². The molecule has 2 N–H and O–H groups in total. The Balaban J connectivity index is 0.00000461. The molecule has 1 aliphatic heterocycles. The number of rotatable bonds is 12. The summed E-state index contributed by atoms with van der Waals surface area (Å²) in [4.78, 5) is 37.9. The van der Waals surface area contributed by atoms with Crippen molar-refractivity contribution in [2.24, 2.45) is 7.05 Å². The molecule has 3 heterocycles. The van der Waals surface area contributed by atoms with Gasteiger partial charge in [-0.25, -0.2) is 9.97 Å². The molecule has 5 rings (SSSR count). The number of ether oxygens (including phenoxy) is 1. The number of likely N-dealkylation sites (tertiary alicyclic amines) is 1. The predicted molar refractivity (Wildman–Crippen MR) is 175 cm³/mol. The first-order valence-corrected chi connectivity index (χ1v) is 14.7. The van der Waals surface area contributed by atoms with E-state index < -0.39 is 0 Å². The first-order chi connectivity index (χ1) is 21.1. The molecular formula is C33H41IN8O3. The van der Waals surface area contributed by atoms with Crippen molar-refractivity contribution in [3.63, 3.8) is 0 Å². The number of aromatic nitrogens is 3. The van der Waals surface area contributed by atoms with Crippen LogP contribution < -0.4 is 44.2 Å². The van der Waals surface area contributed by atoms with E-state index in [9.17, 15) is 9.59 Å². The fourth-order valence-electron chi connectivity index (χ4n) is 5.60. The van der Waals surface area contributed by atoms with Gasteiger partial charge in [0.2, 0.25) is 17.8 Å². The number of hydrogen-bond donors (Lipinski definition) is 2. The number of fused-ring (bicyclic) bond motifs is 1. The maximum atomic E-state index is 12.5. The van der Waals surface area contributed by atoms with Crippen molar-refractivity contribution in [3.8, 4) is 17.0 Å². The molecule has 2 amide bonds. The number of nitrogens with one attached hydrogen (secondary N) is 2. The Bertz CT molecular complexity index is 1700. The number of aryl methyl sites for hydroxylation is 1. The highest BCUT2D eigenvalue weighted by Crippen LogP contribution is 2.38. The van der Waals surface area contributed by atoms with E-state index in [-0.39, 0.29) is 35.8 Å². The molecule has 238 valence electrons. The second kappa shape index (κ2) is 14.3. The van der Waals surface area contributed by atoms with Crippen molar-refractivity contribution < 1.29 is 42.8 Å². The number of quaternary nitrogens is 1. The molecule has 45 heavy (non-hydrogen) atoms. The van der Waals surface area contributed by atoms with Gasteiger partial charge in [-0.1, -0.05) is 24.8 Å². The van der Waals surface area contributed by atoms with Crippen LogP contribution in [0.4, 0.5) is 23.0 Å². The lowest BCUT2D eigenvalue weighted by Crippen LogP contribution is -3.00. The highest BCUT2D eigenvalue weighted by atomic mass is 127. The molecule has 0 aliphatic carbocycles. The molecule has 0 saturated carbocycles. The van der Waals surface area contributed by atoms with Gasteiger partial charge < -0.3 is 53.3 Å². The molecule has 0 bridgehead atoms. The topological polar surface area (TPSA) is 105 Å². The molecule has 1 fully saturated rings. The van der Waals surface area contributed by atoms with Gasteiger partial charge in [-0.2, -0.15) is 0 Å². The predicted octanol–water partition coefficient (Wildman–Crippen LogP) is 1.61. The summed E-state index contributed by atoms with van der Waals surface area (Å²) in [6.45, 7) is 6.56. The average molecular weight is 725 g/mol. The zero-order valence-corrected chi connectivity index (χ0v) is 28.7. The number of amides is 2. The Morgan fingerprint density at radius 2 is 1.98 bits per heavy atom. The number of benzene rings is 2. The van der Waals surface area contributed by atoms with Crippen LogP contribution in [-0.2, 0) is 16.6 Å². The smallest absolute Gasteiger partial charge is 0.247 e. The molecular weight excluding hydrogens is 683 g/mol. The first-order valence-electron chi connectivity index (χ1n) is 14.7. The molecule has 12 heteroatoms. The van der Waals surface area contributed by atoms with Crippen molar-refractivity contribution >= 4 is 45.7 Å². The van der Waals surface area contributed by atoms with Crippen molar-refractivity contribution in [3.05, 3.63) is 67.5 Å². The average Bonchev–Trinajstić information content (AvgIpc) is 3.57. The number of methoxy groups -OCH3 is 1. The fourth-order valence-corrected chi connectivity index (χ4v) is 5.60. The third-order valence-corrected chi connectivity index (χ3v) is 8.01. The minimum Gasteiger partial charge on any atom is -1.00 e. The minimum atomic E-state index is -0.325. The number of anilines is 4. The van der Waals surface area contributed by atoms with Gasteiger partial charge >= 0.3 is 0 Å². The summed E-state index contributed by atoms with van der Waals surface area (Å²) in [5.74, 6) is 0.859. The third kappa shape index (κ3) is 7.74. The number of nitrogens with zero attached hydrogens (tertiary/aromatic N) is 6. The lowest BCUT2D eigenvalue weighted by molar-refractivity contribution is -0.897. The van der Waals surface area contributed by atoms with Gasteiger partial charge in [0.05, 0.1) is 57.1 Å². The van der Waals surface area contributed by atoms with Gasteiger partial charge in [-0.05, 0) is 30.7 Å². The number of para-hydroxylation sites is 1. The van der Waals surface area contributed by atoms with E-state index in [1.165, 1.54) is 6.08 Å². The van der Waals surface area contributed by atoms with Gasteiger partial charge in [-0.3, -0.25) is 14.5 Å². The quantitative estimate of drug-likeness (QED) is 0.130. The molecule has 0 unspecified atom stereocenters. The van der Waals surface area contributed by atoms with Crippen molar-refractivity contribution in [1.29, 1.82) is 0 Å². The van der Waals surface area contributed by atoms with Crippen molar-refractivity contribution in [2.45, 2.75) is 12.8 Å². The second-order valence-corrected chi connectivity index (χ2v) is 11.8. The van der Waals surface area contributed by atoms with Crippen LogP contribution in [0.15, 0.2) is 67.5 Å². The summed E-state index contributed by atoms with van der Waals surface area (Å²) in [5, 5.41) is 7.35. The Morgan fingerprint density at radius 3 is 2.69 bits per heavy atom. The zero-order valence-electron chi connectivity index (χ0n) is 26.5. The number of carbonyl (C=O) groups is 2. The van der Waals surface area contributed by atoms with Crippen LogP contribution in [-0.4, -0.2) is 90.3 Å². The lowest BCUT2D eigenvalue weighted by Gasteiger charge is -2.35. The molecule has 0 spiro atoms. The molecule has 0 radical (unpaired) electrons. The van der Waals surface area contributed by atoms with Gasteiger partial charge in [-0.15, -0.1) is 0 Å². The van der Waals surface area contributed by atoms with E-state index in [4.69, 9.17) is 9.72 Å².